The molecule has 1 aliphatic carbocycles. The molecule has 1 saturated heterocycles. The first kappa shape index (κ1) is 15.7. The van der Waals surface area contributed by atoms with Gasteiger partial charge in [-0.2, -0.15) is 0 Å². The quantitative estimate of drug-likeness (QED) is 0.808. The average Bonchev–Trinajstić information content (AvgIpc) is 3.28. The smallest absolute Gasteiger partial charge is 0.249 e. The van der Waals surface area contributed by atoms with Gasteiger partial charge in [0.1, 0.15) is 6.04 Å². The van der Waals surface area contributed by atoms with E-state index in [9.17, 15) is 14.4 Å². The summed E-state index contributed by atoms with van der Waals surface area (Å²) in [4.78, 5) is 38.0. The molecule has 1 aromatic rings. The van der Waals surface area contributed by atoms with Crippen molar-refractivity contribution in [1.29, 1.82) is 0 Å². The summed E-state index contributed by atoms with van der Waals surface area (Å²) in [7, 11) is 0. The van der Waals surface area contributed by atoms with E-state index in [-0.39, 0.29) is 24.1 Å². The normalized spacial score (nSPS) is 24.0. The number of hydrogen-bond acceptors (Lipinski definition) is 3. The number of imide groups is 1. The molecule has 1 N–H and O–H groups in total. The van der Waals surface area contributed by atoms with Crippen LogP contribution in [0.4, 0.5) is 5.69 Å². The van der Waals surface area contributed by atoms with E-state index < -0.39 is 11.5 Å². The highest BCUT2D eigenvalue weighted by Gasteiger charge is 2.61. The van der Waals surface area contributed by atoms with Gasteiger partial charge in [-0.3, -0.25) is 24.6 Å². The Bertz CT molecular complexity index is 692. The number of rotatable bonds is 1. The largest absolute Gasteiger partial charge is 0.299 e. The highest BCUT2D eigenvalue weighted by Crippen LogP contribution is 2.59. The minimum absolute atomic E-state index is 0.0290. The maximum Gasteiger partial charge on any atom is 0.249 e. The molecule has 1 spiro atoms. The number of hydrogen-bond donors (Lipinski definition) is 1. The molecule has 2 fully saturated rings. The van der Waals surface area contributed by atoms with Crippen LogP contribution in [0.3, 0.4) is 0 Å². The number of nitrogens with zero attached hydrogens (tertiary/aromatic N) is 1. The van der Waals surface area contributed by atoms with Crippen LogP contribution in [-0.2, 0) is 19.8 Å². The van der Waals surface area contributed by atoms with Crippen LogP contribution >= 0.6 is 0 Å². The van der Waals surface area contributed by atoms with Gasteiger partial charge in [0, 0.05) is 12.1 Å². The monoisotopic (exact) mass is 314 g/mol. The lowest BCUT2D eigenvalue weighted by atomic mass is 9.93. The van der Waals surface area contributed by atoms with Crippen LogP contribution in [0.15, 0.2) is 18.2 Å². The van der Waals surface area contributed by atoms with Crippen molar-refractivity contribution >= 4 is 23.4 Å². The molecule has 1 saturated carbocycles. The zero-order chi connectivity index (χ0) is 16.8. The van der Waals surface area contributed by atoms with Crippen LogP contribution in [0, 0.1) is 6.92 Å². The molecule has 2 aliphatic heterocycles. The topological polar surface area (TPSA) is 66.5 Å². The average molecular weight is 314 g/mol. The zero-order valence-electron chi connectivity index (χ0n) is 13.8. The van der Waals surface area contributed by atoms with Gasteiger partial charge < -0.3 is 0 Å². The van der Waals surface area contributed by atoms with E-state index in [4.69, 9.17) is 0 Å². The fourth-order valence-corrected chi connectivity index (χ4v) is 3.75. The van der Waals surface area contributed by atoms with Crippen LogP contribution in [0.25, 0.3) is 0 Å². The van der Waals surface area contributed by atoms with Gasteiger partial charge in [0.05, 0.1) is 5.41 Å². The Kier molecular flexibility index (Phi) is 3.74. The molecule has 3 amide bonds. The Labute approximate surface area is 136 Å². The highest BCUT2D eigenvalue weighted by atomic mass is 16.2. The maximum absolute atomic E-state index is 12.9. The lowest BCUT2D eigenvalue weighted by molar-refractivity contribution is -0.135. The van der Waals surface area contributed by atoms with Gasteiger partial charge in [-0.15, -0.1) is 0 Å². The molecule has 2 heterocycles. The SMILES string of the molecule is CC.Cc1cccc2c1C1(CC1)C(=O)N2C1CCC(=O)NC1=O. The summed E-state index contributed by atoms with van der Waals surface area (Å²) in [5.41, 5.74) is 2.64. The molecule has 1 unspecified atom stereocenters. The molecule has 4 rings (SSSR count). The summed E-state index contributed by atoms with van der Waals surface area (Å²) < 4.78 is 0. The Morgan fingerprint density at radius 3 is 2.48 bits per heavy atom. The van der Waals surface area contributed by atoms with Crippen molar-refractivity contribution < 1.29 is 14.4 Å². The molecule has 1 aromatic carbocycles. The minimum Gasteiger partial charge on any atom is -0.299 e. The van der Waals surface area contributed by atoms with Crippen molar-refractivity contribution in [3.63, 3.8) is 0 Å². The Balaban J connectivity index is 0.000000753. The van der Waals surface area contributed by atoms with Gasteiger partial charge in [-0.1, -0.05) is 26.0 Å². The number of aryl methyl sites for hydroxylation is 1. The van der Waals surface area contributed by atoms with E-state index in [0.29, 0.717) is 6.42 Å². The molecule has 0 radical (unpaired) electrons. The molecule has 122 valence electrons. The summed E-state index contributed by atoms with van der Waals surface area (Å²) in [5.74, 6) is -0.584. The molecule has 0 aromatic heterocycles. The second-order valence-electron chi connectivity index (χ2n) is 6.19. The molecule has 5 heteroatoms. The van der Waals surface area contributed by atoms with Crippen molar-refractivity contribution in [2.24, 2.45) is 0 Å². The second kappa shape index (κ2) is 5.48. The van der Waals surface area contributed by atoms with Crippen LogP contribution < -0.4 is 10.2 Å². The number of carbonyl (C=O) groups is 3. The van der Waals surface area contributed by atoms with E-state index in [1.807, 2.05) is 39.0 Å². The van der Waals surface area contributed by atoms with Crippen LogP contribution in [0.2, 0.25) is 0 Å². The van der Waals surface area contributed by atoms with Crippen molar-refractivity contribution in [2.75, 3.05) is 4.90 Å². The van der Waals surface area contributed by atoms with Crippen molar-refractivity contribution in [2.45, 2.75) is 57.9 Å². The molecule has 5 nitrogen and oxygen atoms in total. The van der Waals surface area contributed by atoms with E-state index in [2.05, 4.69) is 5.32 Å². The van der Waals surface area contributed by atoms with Gasteiger partial charge in [0.15, 0.2) is 0 Å². The van der Waals surface area contributed by atoms with Crippen LogP contribution in [0.5, 0.6) is 0 Å². The molecule has 0 bridgehead atoms. The van der Waals surface area contributed by atoms with Crippen molar-refractivity contribution in [1.82, 2.24) is 5.32 Å². The first-order valence-electron chi connectivity index (χ1n) is 8.32. The van der Waals surface area contributed by atoms with Gasteiger partial charge in [-0.25, -0.2) is 0 Å². The van der Waals surface area contributed by atoms with Gasteiger partial charge in [0.25, 0.3) is 0 Å². The number of anilines is 1. The molecular weight excluding hydrogens is 292 g/mol. The Morgan fingerprint density at radius 2 is 1.87 bits per heavy atom. The number of benzene rings is 1. The molecular formula is C18H22N2O3. The van der Waals surface area contributed by atoms with Gasteiger partial charge >= 0.3 is 0 Å². The first-order chi connectivity index (χ1) is 11.0. The number of nitrogens with one attached hydrogen (secondary N) is 1. The van der Waals surface area contributed by atoms with Crippen LogP contribution in [-0.4, -0.2) is 23.8 Å². The van der Waals surface area contributed by atoms with Crippen LogP contribution in [0.1, 0.15) is 50.7 Å². The van der Waals surface area contributed by atoms with E-state index in [0.717, 1.165) is 29.7 Å². The molecule has 23 heavy (non-hydrogen) atoms. The van der Waals surface area contributed by atoms with E-state index in [1.165, 1.54) is 0 Å². The molecule has 1 atom stereocenters. The summed E-state index contributed by atoms with van der Waals surface area (Å²) in [6, 6.07) is 5.29. The summed E-state index contributed by atoms with van der Waals surface area (Å²) in [6.07, 6.45) is 2.40. The third kappa shape index (κ3) is 2.18. The third-order valence-corrected chi connectivity index (χ3v) is 4.89. The lowest BCUT2D eigenvalue weighted by Gasteiger charge is -2.30. The van der Waals surface area contributed by atoms with E-state index >= 15 is 0 Å². The van der Waals surface area contributed by atoms with Crippen molar-refractivity contribution in [3.8, 4) is 0 Å². The maximum atomic E-state index is 12.9. The van der Waals surface area contributed by atoms with Crippen molar-refractivity contribution in [3.05, 3.63) is 29.3 Å². The third-order valence-electron chi connectivity index (χ3n) is 4.89. The lowest BCUT2D eigenvalue weighted by Crippen LogP contribution is -2.54. The summed E-state index contributed by atoms with van der Waals surface area (Å²) in [6.45, 7) is 6.01. The minimum atomic E-state index is -0.560. The first-order valence-corrected chi connectivity index (χ1v) is 8.32. The number of amides is 3. The van der Waals surface area contributed by atoms with Gasteiger partial charge in [-0.05, 0) is 43.4 Å². The summed E-state index contributed by atoms with van der Waals surface area (Å²) in [5, 5.41) is 2.35. The number of piperidine rings is 1. The number of carbonyl (C=O) groups excluding carboxylic acids is 3. The van der Waals surface area contributed by atoms with E-state index in [1.54, 1.807) is 4.90 Å². The predicted molar refractivity (Wildman–Crippen MR) is 87.1 cm³/mol. The standard InChI is InChI=1S/C16H16N2O3.C2H6/c1-9-3-2-4-10-13(9)16(7-8-16)15(21)18(10)11-5-6-12(19)17-14(11)20;1-2/h2-4,11H,5-8H2,1H3,(H,17,19,20);1-2H3. The zero-order valence-corrected chi connectivity index (χ0v) is 13.8. The highest BCUT2D eigenvalue weighted by molar-refractivity contribution is 6.15. The van der Waals surface area contributed by atoms with Gasteiger partial charge in [0.2, 0.25) is 17.7 Å². The fourth-order valence-electron chi connectivity index (χ4n) is 3.75. The second-order valence-corrected chi connectivity index (χ2v) is 6.19. The Morgan fingerprint density at radius 1 is 1.17 bits per heavy atom. The summed E-state index contributed by atoms with van der Waals surface area (Å²) >= 11 is 0. The fraction of sp³-hybridized carbons (Fsp3) is 0.500. The predicted octanol–water partition coefficient (Wildman–Crippen LogP) is 2.20. The number of fused-ring (bicyclic) bond motifs is 2. The Hall–Kier alpha value is -2.17. The molecule has 3 aliphatic rings.